The quantitative estimate of drug-likeness (QED) is 0.824. The molecule has 0 atom stereocenters. The van der Waals surface area contributed by atoms with Crippen molar-refractivity contribution in [2.45, 2.75) is 11.3 Å². The number of benzene rings is 2. The molecular formula is C18H19ClN2O3S. The lowest BCUT2D eigenvalue weighted by Crippen LogP contribution is -2.36. The summed E-state index contributed by atoms with van der Waals surface area (Å²) >= 11 is 5.98. The third-order valence-electron chi connectivity index (χ3n) is 4.68. The van der Waals surface area contributed by atoms with Crippen molar-refractivity contribution in [3.63, 3.8) is 0 Å². The van der Waals surface area contributed by atoms with Crippen molar-refractivity contribution in [2.24, 2.45) is 0 Å². The Kier molecular flexibility index (Phi) is 4.35. The summed E-state index contributed by atoms with van der Waals surface area (Å²) in [6.07, 6.45) is 0.721. The average molecular weight is 379 g/mol. The highest BCUT2D eigenvalue weighted by molar-refractivity contribution is 7.92. The van der Waals surface area contributed by atoms with E-state index in [1.165, 1.54) is 10.4 Å². The molecular weight excluding hydrogens is 360 g/mol. The summed E-state index contributed by atoms with van der Waals surface area (Å²) in [5.74, 6) is 0. The molecule has 0 unspecified atom stereocenters. The molecule has 0 aromatic heterocycles. The van der Waals surface area contributed by atoms with E-state index in [9.17, 15) is 8.42 Å². The molecule has 0 aliphatic carbocycles. The Hall–Kier alpha value is -1.76. The number of ether oxygens (including phenoxy) is 1. The molecule has 0 amide bonds. The second kappa shape index (κ2) is 6.52. The van der Waals surface area contributed by atoms with Gasteiger partial charge in [-0.2, -0.15) is 0 Å². The molecule has 1 fully saturated rings. The van der Waals surface area contributed by atoms with E-state index >= 15 is 0 Å². The minimum atomic E-state index is -3.62. The van der Waals surface area contributed by atoms with Crippen LogP contribution in [0.15, 0.2) is 47.4 Å². The minimum absolute atomic E-state index is 0.227. The SMILES string of the molecule is O=S(=O)(c1cccc(Cl)c1)N1CCc2ccc(N3CCOCC3)cc21. The largest absolute Gasteiger partial charge is 0.378 e. The number of hydrogen-bond acceptors (Lipinski definition) is 4. The van der Waals surface area contributed by atoms with E-state index in [4.69, 9.17) is 16.3 Å². The van der Waals surface area contributed by atoms with Gasteiger partial charge in [-0.05, 0) is 42.3 Å². The zero-order chi connectivity index (χ0) is 17.4. The van der Waals surface area contributed by atoms with Gasteiger partial charge in [0.1, 0.15) is 0 Å². The van der Waals surface area contributed by atoms with Gasteiger partial charge in [0.15, 0.2) is 0 Å². The highest BCUT2D eigenvalue weighted by Gasteiger charge is 2.31. The maximum atomic E-state index is 13.1. The molecule has 25 heavy (non-hydrogen) atoms. The van der Waals surface area contributed by atoms with Crippen LogP contribution in [0.5, 0.6) is 0 Å². The van der Waals surface area contributed by atoms with Crippen LogP contribution in [0.2, 0.25) is 5.02 Å². The van der Waals surface area contributed by atoms with Gasteiger partial charge in [-0.15, -0.1) is 0 Å². The summed E-state index contributed by atoms with van der Waals surface area (Å²) in [6.45, 7) is 3.49. The Bertz CT molecular complexity index is 895. The second-order valence-electron chi connectivity index (χ2n) is 6.20. The standard InChI is InChI=1S/C18H19ClN2O3S/c19-15-2-1-3-17(12-15)25(22,23)21-7-6-14-4-5-16(13-18(14)21)20-8-10-24-11-9-20/h1-5,12-13H,6-11H2. The van der Waals surface area contributed by atoms with E-state index in [-0.39, 0.29) is 4.90 Å². The van der Waals surface area contributed by atoms with E-state index < -0.39 is 10.0 Å². The molecule has 0 N–H and O–H groups in total. The fourth-order valence-electron chi connectivity index (χ4n) is 3.36. The molecule has 2 heterocycles. The van der Waals surface area contributed by atoms with E-state index in [0.717, 1.165) is 36.4 Å². The lowest BCUT2D eigenvalue weighted by molar-refractivity contribution is 0.122. The van der Waals surface area contributed by atoms with Gasteiger partial charge in [-0.3, -0.25) is 4.31 Å². The third-order valence-corrected chi connectivity index (χ3v) is 6.73. The van der Waals surface area contributed by atoms with Crippen molar-refractivity contribution in [2.75, 3.05) is 42.1 Å². The van der Waals surface area contributed by atoms with Crippen LogP contribution in [0.3, 0.4) is 0 Å². The number of sulfonamides is 1. The van der Waals surface area contributed by atoms with Crippen LogP contribution in [-0.4, -0.2) is 41.3 Å². The van der Waals surface area contributed by atoms with Crippen LogP contribution in [-0.2, 0) is 21.2 Å². The number of anilines is 2. The topological polar surface area (TPSA) is 49.9 Å². The lowest BCUT2D eigenvalue weighted by Gasteiger charge is -2.30. The summed E-state index contributed by atoms with van der Waals surface area (Å²) in [5.41, 5.74) is 2.86. The first-order valence-corrected chi connectivity index (χ1v) is 10.1. The maximum absolute atomic E-state index is 13.1. The van der Waals surface area contributed by atoms with Gasteiger partial charge in [0, 0.05) is 30.3 Å². The van der Waals surface area contributed by atoms with Gasteiger partial charge in [0.2, 0.25) is 0 Å². The molecule has 4 rings (SSSR count). The summed E-state index contributed by atoms with van der Waals surface area (Å²) < 4.78 is 33.0. The van der Waals surface area contributed by atoms with Crippen molar-refractivity contribution in [3.05, 3.63) is 53.1 Å². The zero-order valence-electron chi connectivity index (χ0n) is 13.7. The Morgan fingerprint density at radius 2 is 1.80 bits per heavy atom. The molecule has 7 heteroatoms. The zero-order valence-corrected chi connectivity index (χ0v) is 15.3. The molecule has 0 radical (unpaired) electrons. The van der Waals surface area contributed by atoms with Gasteiger partial charge in [0.05, 0.1) is 23.8 Å². The summed E-state index contributed by atoms with van der Waals surface area (Å²) in [7, 11) is -3.62. The van der Waals surface area contributed by atoms with Crippen LogP contribution >= 0.6 is 11.6 Å². The fourth-order valence-corrected chi connectivity index (χ4v) is 5.16. The van der Waals surface area contributed by atoms with Crippen LogP contribution in [0, 0.1) is 0 Å². The second-order valence-corrected chi connectivity index (χ2v) is 8.50. The molecule has 2 aromatic rings. The monoisotopic (exact) mass is 378 g/mol. The molecule has 0 bridgehead atoms. The fraction of sp³-hybridized carbons (Fsp3) is 0.333. The molecule has 2 aliphatic rings. The van der Waals surface area contributed by atoms with Crippen LogP contribution in [0.4, 0.5) is 11.4 Å². The smallest absolute Gasteiger partial charge is 0.264 e. The first-order chi connectivity index (χ1) is 12.1. The van der Waals surface area contributed by atoms with Crippen molar-refractivity contribution in [3.8, 4) is 0 Å². The summed E-state index contributed by atoms with van der Waals surface area (Å²) in [6, 6.07) is 12.5. The van der Waals surface area contributed by atoms with Crippen molar-refractivity contribution in [1.82, 2.24) is 0 Å². The number of nitrogens with zero attached hydrogens (tertiary/aromatic N) is 2. The van der Waals surface area contributed by atoms with Crippen LogP contribution in [0.25, 0.3) is 0 Å². The van der Waals surface area contributed by atoms with Crippen molar-refractivity contribution < 1.29 is 13.2 Å². The molecule has 2 aromatic carbocycles. The summed E-state index contributed by atoms with van der Waals surface area (Å²) in [4.78, 5) is 2.45. The molecule has 132 valence electrons. The number of rotatable bonds is 3. The van der Waals surface area contributed by atoms with E-state index in [1.807, 2.05) is 12.1 Å². The molecule has 0 saturated carbocycles. The Morgan fingerprint density at radius 1 is 1.00 bits per heavy atom. The number of hydrogen-bond donors (Lipinski definition) is 0. The first-order valence-electron chi connectivity index (χ1n) is 8.30. The Balaban J connectivity index is 1.71. The van der Waals surface area contributed by atoms with E-state index in [2.05, 4.69) is 11.0 Å². The van der Waals surface area contributed by atoms with Crippen molar-refractivity contribution in [1.29, 1.82) is 0 Å². The van der Waals surface area contributed by atoms with Gasteiger partial charge in [-0.25, -0.2) is 8.42 Å². The molecule has 1 saturated heterocycles. The minimum Gasteiger partial charge on any atom is -0.378 e. The highest BCUT2D eigenvalue weighted by atomic mass is 35.5. The van der Waals surface area contributed by atoms with Crippen LogP contribution < -0.4 is 9.21 Å². The van der Waals surface area contributed by atoms with Crippen molar-refractivity contribution >= 4 is 33.0 Å². The Labute approximate surface area is 152 Å². The summed E-state index contributed by atoms with van der Waals surface area (Å²) in [5, 5.41) is 0.419. The average Bonchev–Trinajstić information content (AvgIpc) is 3.06. The van der Waals surface area contributed by atoms with E-state index in [0.29, 0.717) is 24.8 Å². The third kappa shape index (κ3) is 3.10. The number of morpholine rings is 1. The van der Waals surface area contributed by atoms with E-state index in [1.54, 1.807) is 18.2 Å². The number of halogens is 1. The van der Waals surface area contributed by atoms with Crippen LogP contribution in [0.1, 0.15) is 5.56 Å². The predicted molar refractivity (Wildman–Crippen MR) is 99.2 cm³/mol. The Morgan fingerprint density at radius 3 is 2.56 bits per heavy atom. The predicted octanol–water partition coefficient (Wildman–Crippen LogP) is 2.93. The highest BCUT2D eigenvalue weighted by Crippen LogP contribution is 2.36. The van der Waals surface area contributed by atoms with Gasteiger partial charge >= 0.3 is 0 Å². The first kappa shape index (κ1) is 16.7. The van der Waals surface area contributed by atoms with Gasteiger partial charge < -0.3 is 9.64 Å². The lowest BCUT2D eigenvalue weighted by atomic mass is 10.1. The van der Waals surface area contributed by atoms with Gasteiger partial charge in [-0.1, -0.05) is 23.7 Å². The molecule has 5 nitrogen and oxygen atoms in total. The van der Waals surface area contributed by atoms with Gasteiger partial charge in [0.25, 0.3) is 10.0 Å². The normalized spacial score (nSPS) is 17.6. The maximum Gasteiger partial charge on any atom is 0.264 e. The molecule has 0 spiro atoms. The molecule has 2 aliphatic heterocycles. The number of fused-ring (bicyclic) bond motifs is 1.